The van der Waals surface area contributed by atoms with E-state index in [1.165, 1.54) is 70.6 Å². The smallest absolute Gasteiger partial charge is 0.306 e. The molecule has 0 aliphatic rings. The highest BCUT2D eigenvalue weighted by Crippen LogP contribution is 2.17. The maximum Gasteiger partial charge on any atom is 0.306 e. The molecule has 0 radical (unpaired) electrons. The summed E-state index contributed by atoms with van der Waals surface area (Å²) in [6, 6.07) is -0.729. The normalized spacial score (nSPS) is 14.2. The number of hydrogen-bond donors (Lipinski definition) is 3. The van der Waals surface area contributed by atoms with Crippen LogP contribution in [0.15, 0.2) is 109 Å². The third-order valence-corrected chi connectivity index (χ3v) is 10.6. The zero-order chi connectivity index (χ0) is 44.5. The standard InChI is InChI=1S/C55H91NO5/c1-4-7-10-13-16-19-22-24-26-27-28-30-33-36-39-42-45-48-55(60)61-51(46-43-40-37-34-31-21-18-15-12-9-6-3)49-54(59)56-52(50-57)53(58)47-44-41-38-35-32-29-25-23-20-17-14-11-8-5-2/h7,9-10,12-13,15-16,18-19,21-22,24,26-28,30-31,33,51-53,57-58H,4-6,8,11,14,17,20,23,25,29,32,34-50H2,1-3H3,(H,56,59)/b10-7-,12-9+,16-13+,18-15+,22-19+,26-24-,28-27+,31-21-,33-30+. The van der Waals surface area contributed by atoms with Crippen LogP contribution >= 0.6 is 0 Å². The zero-order valence-corrected chi connectivity index (χ0v) is 39.2. The van der Waals surface area contributed by atoms with Crippen LogP contribution in [-0.2, 0) is 14.3 Å². The number of aliphatic hydroxyl groups excluding tert-OH is 2. The molecule has 0 aromatic carbocycles. The van der Waals surface area contributed by atoms with E-state index in [2.05, 4.69) is 62.5 Å². The van der Waals surface area contributed by atoms with E-state index >= 15 is 0 Å². The number of amides is 1. The molecule has 0 aromatic rings. The lowest BCUT2D eigenvalue weighted by molar-refractivity contribution is -0.151. The number of hydrogen-bond acceptors (Lipinski definition) is 5. The summed E-state index contributed by atoms with van der Waals surface area (Å²) in [7, 11) is 0. The van der Waals surface area contributed by atoms with Crippen LogP contribution in [0.2, 0.25) is 0 Å². The van der Waals surface area contributed by atoms with Crippen LogP contribution in [0, 0.1) is 0 Å². The summed E-state index contributed by atoms with van der Waals surface area (Å²) < 4.78 is 5.88. The van der Waals surface area contributed by atoms with E-state index in [1.54, 1.807) is 0 Å². The maximum atomic E-state index is 13.2. The van der Waals surface area contributed by atoms with Gasteiger partial charge in [-0.15, -0.1) is 0 Å². The Morgan fingerprint density at radius 2 is 0.885 bits per heavy atom. The lowest BCUT2D eigenvalue weighted by Crippen LogP contribution is -2.46. The van der Waals surface area contributed by atoms with Crippen molar-refractivity contribution in [1.82, 2.24) is 5.32 Å². The topological polar surface area (TPSA) is 95.9 Å². The third-order valence-electron chi connectivity index (χ3n) is 10.6. The minimum absolute atomic E-state index is 0.0290. The first kappa shape index (κ1) is 57.5. The maximum absolute atomic E-state index is 13.2. The number of aliphatic hydroxyl groups is 2. The Morgan fingerprint density at radius 3 is 1.34 bits per heavy atom. The van der Waals surface area contributed by atoms with Gasteiger partial charge in [0, 0.05) is 6.42 Å². The number of ether oxygens (including phenoxy) is 1. The highest BCUT2D eigenvalue weighted by molar-refractivity contribution is 5.77. The molecular formula is C55H91NO5. The van der Waals surface area contributed by atoms with Crippen LogP contribution < -0.4 is 5.32 Å². The van der Waals surface area contributed by atoms with Crippen molar-refractivity contribution in [2.24, 2.45) is 0 Å². The van der Waals surface area contributed by atoms with Gasteiger partial charge < -0.3 is 20.3 Å². The Labute approximate surface area is 375 Å². The second kappa shape index (κ2) is 47.6. The lowest BCUT2D eigenvalue weighted by atomic mass is 10.0. The van der Waals surface area contributed by atoms with Crippen LogP contribution in [0.1, 0.15) is 201 Å². The number of rotatable bonds is 42. The van der Waals surface area contributed by atoms with Gasteiger partial charge in [-0.1, -0.05) is 233 Å². The minimum atomic E-state index is -0.811. The van der Waals surface area contributed by atoms with Gasteiger partial charge in [-0.2, -0.15) is 0 Å². The number of carbonyl (C=O) groups is 2. The Balaban J connectivity index is 4.69. The van der Waals surface area contributed by atoms with Crippen LogP contribution in [0.3, 0.4) is 0 Å². The Bertz CT molecular complexity index is 1270. The molecule has 0 saturated heterocycles. The van der Waals surface area contributed by atoms with E-state index in [4.69, 9.17) is 4.74 Å². The number of allylic oxidation sites excluding steroid dienone is 18. The number of unbranched alkanes of at least 4 members (excludes halogenated alkanes) is 19. The highest BCUT2D eigenvalue weighted by Gasteiger charge is 2.24. The van der Waals surface area contributed by atoms with Gasteiger partial charge in [-0.3, -0.25) is 9.59 Å². The number of nitrogens with one attached hydrogen (secondary N) is 1. The summed E-state index contributed by atoms with van der Waals surface area (Å²) in [6.45, 7) is 6.17. The first-order valence-electron chi connectivity index (χ1n) is 24.7. The van der Waals surface area contributed by atoms with Gasteiger partial charge in [0.2, 0.25) is 5.91 Å². The predicted octanol–water partition coefficient (Wildman–Crippen LogP) is 14.7. The Kier molecular flexibility index (Phi) is 44.9. The van der Waals surface area contributed by atoms with Crippen molar-refractivity contribution in [3.63, 3.8) is 0 Å². The minimum Gasteiger partial charge on any atom is -0.462 e. The summed E-state index contributed by atoms with van der Waals surface area (Å²) in [4.78, 5) is 26.1. The number of esters is 1. The fourth-order valence-electron chi connectivity index (χ4n) is 6.87. The van der Waals surface area contributed by atoms with Crippen molar-refractivity contribution in [3.05, 3.63) is 109 Å². The van der Waals surface area contributed by atoms with Gasteiger partial charge in [-0.05, 0) is 64.2 Å². The van der Waals surface area contributed by atoms with Gasteiger partial charge in [-0.25, -0.2) is 0 Å². The van der Waals surface area contributed by atoms with Gasteiger partial charge in [0.05, 0.1) is 25.2 Å². The molecule has 0 aromatic heterocycles. The molecule has 3 N–H and O–H groups in total. The fourth-order valence-corrected chi connectivity index (χ4v) is 6.87. The molecule has 6 heteroatoms. The molecule has 346 valence electrons. The van der Waals surface area contributed by atoms with Crippen LogP contribution in [-0.4, -0.2) is 46.9 Å². The van der Waals surface area contributed by atoms with Crippen molar-refractivity contribution in [3.8, 4) is 0 Å². The summed E-state index contributed by atoms with van der Waals surface area (Å²) in [5.41, 5.74) is 0. The molecular weight excluding hydrogens is 755 g/mol. The third kappa shape index (κ3) is 43.0. The van der Waals surface area contributed by atoms with E-state index in [9.17, 15) is 19.8 Å². The first-order chi connectivity index (χ1) is 30.0. The molecule has 0 saturated carbocycles. The molecule has 0 rings (SSSR count). The Morgan fingerprint density at radius 1 is 0.492 bits per heavy atom. The summed E-state index contributed by atoms with van der Waals surface area (Å²) in [6.07, 6.45) is 64.3. The van der Waals surface area contributed by atoms with Gasteiger partial charge in [0.25, 0.3) is 0 Å². The highest BCUT2D eigenvalue weighted by atomic mass is 16.5. The molecule has 1 amide bonds. The zero-order valence-electron chi connectivity index (χ0n) is 39.2. The van der Waals surface area contributed by atoms with Crippen molar-refractivity contribution in [2.75, 3.05) is 6.61 Å². The predicted molar refractivity (Wildman–Crippen MR) is 263 cm³/mol. The van der Waals surface area contributed by atoms with E-state index in [-0.39, 0.29) is 24.9 Å². The first-order valence-corrected chi connectivity index (χ1v) is 24.7. The summed E-state index contributed by atoms with van der Waals surface area (Å²) >= 11 is 0. The summed E-state index contributed by atoms with van der Waals surface area (Å²) in [5.74, 6) is -0.572. The van der Waals surface area contributed by atoms with Gasteiger partial charge >= 0.3 is 5.97 Å². The molecule has 6 nitrogen and oxygen atoms in total. The monoisotopic (exact) mass is 846 g/mol. The van der Waals surface area contributed by atoms with Crippen molar-refractivity contribution in [2.45, 2.75) is 219 Å². The van der Waals surface area contributed by atoms with E-state index < -0.39 is 18.2 Å². The molecule has 61 heavy (non-hydrogen) atoms. The molecule has 0 bridgehead atoms. The van der Waals surface area contributed by atoms with Crippen LogP contribution in [0.5, 0.6) is 0 Å². The van der Waals surface area contributed by atoms with Gasteiger partial charge in [0.1, 0.15) is 6.10 Å². The fraction of sp³-hybridized carbons (Fsp3) is 0.636. The van der Waals surface area contributed by atoms with Crippen molar-refractivity contribution >= 4 is 11.9 Å². The Hall–Kier alpha value is -3.48. The van der Waals surface area contributed by atoms with Crippen molar-refractivity contribution < 1.29 is 24.5 Å². The second-order valence-corrected chi connectivity index (χ2v) is 16.3. The van der Waals surface area contributed by atoms with Crippen LogP contribution in [0.25, 0.3) is 0 Å². The average molecular weight is 846 g/mol. The van der Waals surface area contributed by atoms with Crippen LogP contribution in [0.4, 0.5) is 0 Å². The molecule has 0 fully saturated rings. The molecule has 0 aliphatic heterocycles. The lowest BCUT2D eigenvalue weighted by Gasteiger charge is -2.24. The molecule has 0 spiro atoms. The summed E-state index contributed by atoms with van der Waals surface area (Å²) in [5, 5.41) is 23.7. The van der Waals surface area contributed by atoms with E-state index in [0.29, 0.717) is 19.3 Å². The second-order valence-electron chi connectivity index (χ2n) is 16.3. The molecule has 3 atom stereocenters. The molecule has 0 aliphatic carbocycles. The van der Waals surface area contributed by atoms with E-state index in [1.807, 2.05) is 72.9 Å². The molecule has 0 heterocycles. The van der Waals surface area contributed by atoms with Crippen molar-refractivity contribution in [1.29, 1.82) is 0 Å². The van der Waals surface area contributed by atoms with Gasteiger partial charge in [0.15, 0.2) is 0 Å². The quantitative estimate of drug-likeness (QED) is 0.0323. The SMILES string of the molecule is CC\C=C/C=C/C=C/C=C\C=C\C=C\CCCCCC(=O)OC(CCCCC\C=C/C=C/C=C/CC)CC(=O)NC(CO)C(O)CCCCCCCCCCCCCCCC. The number of carbonyl (C=O) groups excluding carboxylic acids is 2. The largest absolute Gasteiger partial charge is 0.462 e. The van der Waals surface area contributed by atoms with E-state index in [0.717, 1.165) is 83.5 Å². The molecule has 3 unspecified atom stereocenters. The average Bonchev–Trinajstić information content (AvgIpc) is 3.25.